The van der Waals surface area contributed by atoms with Crippen molar-refractivity contribution in [1.82, 2.24) is 0 Å². The van der Waals surface area contributed by atoms with Crippen LogP contribution in [0.25, 0.3) is 0 Å². The monoisotopic (exact) mass is 216 g/mol. The zero-order chi connectivity index (χ0) is 10.6. The third kappa shape index (κ3) is 3.14. The molecule has 0 aliphatic carbocycles. The summed E-state index contributed by atoms with van der Waals surface area (Å²) in [4.78, 5) is 17.8. The topological polar surface area (TPSA) is 66.8 Å². The summed E-state index contributed by atoms with van der Waals surface area (Å²) in [6.07, 6.45) is 0.861. The van der Waals surface area contributed by atoms with Gasteiger partial charge in [0, 0.05) is 0 Å². The average molecular weight is 216 g/mol. The molecule has 0 atom stereocenters. The SMILES string of the molecule is CCCOc1cccc(P(=O)(O)O)c1. The largest absolute Gasteiger partial charge is 0.494 e. The van der Waals surface area contributed by atoms with Gasteiger partial charge in [0.2, 0.25) is 0 Å². The highest BCUT2D eigenvalue weighted by Gasteiger charge is 2.16. The third-order valence-electron chi connectivity index (χ3n) is 1.63. The lowest BCUT2D eigenvalue weighted by molar-refractivity contribution is 0.317. The number of hydrogen-bond acceptors (Lipinski definition) is 2. The Labute approximate surface area is 82.7 Å². The van der Waals surface area contributed by atoms with Crippen LogP contribution < -0.4 is 10.0 Å². The van der Waals surface area contributed by atoms with Crippen LogP contribution in [-0.4, -0.2) is 16.4 Å². The van der Waals surface area contributed by atoms with Gasteiger partial charge in [0.05, 0.1) is 11.9 Å². The Balaban J connectivity index is 2.85. The average Bonchev–Trinajstić information content (AvgIpc) is 2.14. The molecule has 0 spiro atoms. The molecule has 0 aliphatic rings. The Morgan fingerprint density at radius 3 is 2.71 bits per heavy atom. The molecule has 0 bridgehead atoms. The van der Waals surface area contributed by atoms with Gasteiger partial charge in [-0.05, 0) is 24.6 Å². The van der Waals surface area contributed by atoms with Crippen molar-refractivity contribution in [3.05, 3.63) is 24.3 Å². The van der Waals surface area contributed by atoms with Crippen molar-refractivity contribution >= 4 is 12.9 Å². The van der Waals surface area contributed by atoms with E-state index in [0.29, 0.717) is 12.4 Å². The van der Waals surface area contributed by atoms with Gasteiger partial charge in [-0.25, -0.2) is 0 Å². The van der Waals surface area contributed by atoms with Crippen LogP contribution in [0, 0.1) is 0 Å². The minimum Gasteiger partial charge on any atom is -0.494 e. The minimum absolute atomic E-state index is 0.00824. The highest BCUT2D eigenvalue weighted by Crippen LogP contribution is 2.33. The molecule has 0 saturated heterocycles. The van der Waals surface area contributed by atoms with Crippen LogP contribution in [-0.2, 0) is 4.57 Å². The van der Waals surface area contributed by atoms with E-state index >= 15 is 0 Å². The van der Waals surface area contributed by atoms with Crippen LogP contribution in [0.2, 0.25) is 0 Å². The Hall–Kier alpha value is -0.830. The Bertz CT molecular complexity index is 344. The van der Waals surface area contributed by atoms with E-state index in [2.05, 4.69) is 0 Å². The fourth-order valence-electron chi connectivity index (χ4n) is 0.974. The highest BCUT2D eigenvalue weighted by molar-refractivity contribution is 7.60. The maximum absolute atomic E-state index is 10.9. The van der Waals surface area contributed by atoms with E-state index in [-0.39, 0.29) is 5.30 Å². The maximum atomic E-state index is 10.9. The van der Waals surface area contributed by atoms with Gasteiger partial charge in [-0.3, -0.25) is 4.57 Å². The quantitative estimate of drug-likeness (QED) is 0.744. The van der Waals surface area contributed by atoms with Crippen molar-refractivity contribution in [2.45, 2.75) is 13.3 Å². The molecule has 2 N–H and O–H groups in total. The molecule has 4 nitrogen and oxygen atoms in total. The van der Waals surface area contributed by atoms with E-state index in [0.717, 1.165) is 6.42 Å². The fraction of sp³-hybridized carbons (Fsp3) is 0.333. The van der Waals surface area contributed by atoms with E-state index in [1.807, 2.05) is 6.92 Å². The Kier molecular flexibility index (Phi) is 3.69. The summed E-state index contributed by atoms with van der Waals surface area (Å²) < 4.78 is 16.1. The molecule has 0 aliphatic heterocycles. The first-order chi connectivity index (χ1) is 6.54. The Morgan fingerprint density at radius 1 is 1.43 bits per heavy atom. The lowest BCUT2D eigenvalue weighted by Crippen LogP contribution is -2.04. The van der Waals surface area contributed by atoms with Crippen molar-refractivity contribution in [2.24, 2.45) is 0 Å². The molecule has 1 aromatic rings. The van der Waals surface area contributed by atoms with Gasteiger partial charge in [0.25, 0.3) is 0 Å². The second-order valence-corrected chi connectivity index (χ2v) is 4.49. The minimum atomic E-state index is -4.16. The van der Waals surface area contributed by atoms with Gasteiger partial charge in [0.1, 0.15) is 5.75 Å². The van der Waals surface area contributed by atoms with Crippen molar-refractivity contribution < 1.29 is 19.1 Å². The van der Waals surface area contributed by atoms with Gasteiger partial charge in [-0.2, -0.15) is 0 Å². The molecule has 0 radical (unpaired) electrons. The van der Waals surface area contributed by atoms with E-state index in [1.54, 1.807) is 12.1 Å². The van der Waals surface area contributed by atoms with E-state index in [9.17, 15) is 4.57 Å². The summed E-state index contributed by atoms with van der Waals surface area (Å²) in [5.74, 6) is 0.493. The molecule has 1 aromatic carbocycles. The summed E-state index contributed by atoms with van der Waals surface area (Å²) in [6.45, 7) is 2.51. The molecule has 0 amide bonds. The number of ether oxygens (including phenoxy) is 1. The molecular formula is C9H13O4P. The first-order valence-electron chi connectivity index (χ1n) is 4.33. The van der Waals surface area contributed by atoms with E-state index in [1.165, 1.54) is 12.1 Å². The summed E-state index contributed by atoms with van der Waals surface area (Å²) in [7, 11) is -4.16. The lowest BCUT2D eigenvalue weighted by atomic mass is 10.3. The smallest absolute Gasteiger partial charge is 0.356 e. The first-order valence-corrected chi connectivity index (χ1v) is 5.94. The van der Waals surface area contributed by atoms with E-state index in [4.69, 9.17) is 14.5 Å². The number of rotatable bonds is 4. The molecule has 0 fully saturated rings. The van der Waals surface area contributed by atoms with Gasteiger partial charge in [-0.15, -0.1) is 0 Å². The summed E-state index contributed by atoms with van der Waals surface area (Å²) in [5.41, 5.74) is 0. The second kappa shape index (κ2) is 4.60. The zero-order valence-electron chi connectivity index (χ0n) is 7.88. The van der Waals surface area contributed by atoms with Crippen molar-refractivity contribution in [3.8, 4) is 5.75 Å². The standard InChI is InChI=1S/C9H13O4P/c1-2-6-13-8-4-3-5-9(7-8)14(10,11)12/h3-5,7H,2,6H2,1H3,(H2,10,11,12). The van der Waals surface area contributed by atoms with Crippen molar-refractivity contribution in [3.63, 3.8) is 0 Å². The molecule has 0 unspecified atom stereocenters. The van der Waals surface area contributed by atoms with Gasteiger partial charge >= 0.3 is 7.60 Å². The van der Waals surface area contributed by atoms with Crippen LogP contribution in [0.5, 0.6) is 5.75 Å². The molecule has 78 valence electrons. The molecule has 1 rings (SSSR count). The van der Waals surface area contributed by atoms with Crippen LogP contribution >= 0.6 is 7.60 Å². The lowest BCUT2D eigenvalue weighted by Gasteiger charge is -2.07. The van der Waals surface area contributed by atoms with Crippen LogP contribution in [0.4, 0.5) is 0 Å². The first kappa shape index (κ1) is 11.2. The van der Waals surface area contributed by atoms with Crippen LogP contribution in [0.15, 0.2) is 24.3 Å². The molecule has 0 aromatic heterocycles. The normalized spacial score (nSPS) is 11.4. The van der Waals surface area contributed by atoms with Gasteiger partial charge in [0.15, 0.2) is 0 Å². The highest BCUT2D eigenvalue weighted by atomic mass is 31.2. The molecular weight excluding hydrogens is 203 g/mol. The molecule has 0 heterocycles. The summed E-state index contributed by atoms with van der Waals surface area (Å²) in [5, 5.41) is -0.00824. The molecule has 14 heavy (non-hydrogen) atoms. The predicted molar refractivity (Wildman–Crippen MR) is 53.9 cm³/mol. The second-order valence-electron chi connectivity index (χ2n) is 2.89. The fourth-order valence-corrected chi connectivity index (χ4v) is 1.55. The summed E-state index contributed by atoms with van der Waals surface area (Å²) in [6, 6.07) is 6.00. The maximum Gasteiger partial charge on any atom is 0.356 e. The van der Waals surface area contributed by atoms with Gasteiger partial charge < -0.3 is 14.5 Å². The van der Waals surface area contributed by atoms with Crippen molar-refractivity contribution in [1.29, 1.82) is 0 Å². The van der Waals surface area contributed by atoms with Gasteiger partial charge in [-0.1, -0.05) is 13.0 Å². The number of benzene rings is 1. The zero-order valence-corrected chi connectivity index (χ0v) is 8.78. The van der Waals surface area contributed by atoms with E-state index < -0.39 is 7.60 Å². The molecule has 5 heteroatoms. The predicted octanol–water partition coefficient (Wildman–Crippen LogP) is 1.28. The molecule has 0 saturated carbocycles. The van der Waals surface area contributed by atoms with Crippen molar-refractivity contribution in [2.75, 3.05) is 6.61 Å². The van der Waals surface area contributed by atoms with Crippen LogP contribution in [0.1, 0.15) is 13.3 Å². The van der Waals surface area contributed by atoms with Crippen LogP contribution in [0.3, 0.4) is 0 Å². The number of hydrogen-bond donors (Lipinski definition) is 2. The Morgan fingerprint density at radius 2 is 2.14 bits per heavy atom. The third-order valence-corrected chi connectivity index (χ3v) is 2.58. The summed E-state index contributed by atoms with van der Waals surface area (Å²) >= 11 is 0.